The lowest BCUT2D eigenvalue weighted by atomic mass is 9.89. The van der Waals surface area contributed by atoms with Crippen LogP contribution in [-0.2, 0) is 9.53 Å². The normalized spacial score (nSPS) is 16.6. The summed E-state index contributed by atoms with van der Waals surface area (Å²) in [4.78, 5) is 11.8. The van der Waals surface area contributed by atoms with Crippen molar-refractivity contribution in [3.8, 4) is 0 Å². The Balaban J connectivity index is 1.92. The SMILES string of the molecule is CCCCCCCCC=CCOC(=O)C1CCCCC1. The first-order valence-electron chi connectivity index (χ1n) is 8.66. The predicted octanol–water partition coefficient (Wildman–Crippen LogP) is 5.42. The highest BCUT2D eigenvalue weighted by molar-refractivity contribution is 5.72. The van der Waals surface area contributed by atoms with Crippen molar-refractivity contribution >= 4 is 5.97 Å². The molecule has 20 heavy (non-hydrogen) atoms. The molecule has 0 aromatic heterocycles. The van der Waals surface area contributed by atoms with Crippen LogP contribution in [0.25, 0.3) is 0 Å². The standard InChI is InChI=1S/C18H32O2/c1-2-3-4-5-6-7-8-9-13-16-20-18(19)17-14-11-10-12-15-17/h9,13,17H,2-8,10-12,14-16H2,1H3. The number of ether oxygens (including phenoxy) is 1. The summed E-state index contributed by atoms with van der Waals surface area (Å²) >= 11 is 0. The molecule has 0 radical (unpaired) electrons. The summed E-state index contributed by atoms with van der Waals surface area (Å²) < 4.78 is 5.32. The molecule has 2 heteroatoms. The lowest BCUT2D eigenvalue weighted by molar-refractivity contribution is -0.148. The second kappa shape index (κ2) is 12.0. The molecule has 0 atom stereocenters. The molecule has 0 spiro atoms. The molecule has 1 aliphatic carbocycles. The Kier molecular flexibility index (Phi) is 10.3. The Morgan fingerprint density at radius 3 is 2.45 bits per heavy atom. The van der Waals surface area contributed by atoms with Gasteiger partial charge in [-0.1, -0.05) is 70.4 Å². The summed E-state index contributed by atoms with van der Waals surface area (Å²) in [7, 11) is 0. The molecule has 116 valence electrons. The first-order chi connectivity index (χ1) is 9.84. The third-order valence-electron chi connectivity index (χ3n) is 4.15. The summed E-state index contributed by atoms with van der Waals surface area (Å²) in [5.74, 6) is 0.199. The van der Waals surface area contributed by atoms with Gasteiger partial charge in [-0.3, -0.25) is 4.79 Å². The number of hydrogen-bond acceptors (Lipinski definition) is 2. The van der Waals surface area contributed by atoms with E-state index in [1.807, 2.05) is 6.08 Å². The minimum Gasteiger partial charge on any atom is -0.461 e. The van der Waals surface area contributed by atoms with Crippen LogP contribution in [0.2, 0.25) is 0 Å². The Morgan fingerprint density at radius 1 is 1.00 bits per heavy atom. The van der Waals surface area contributed by atoms with Crippen molar-refractivity contribution in [3.63, 3.8) is 0 Å². The number of rotatable bonds is 10. The van der Waals surface area contributed by atoms with Crippen molar-refractivity contribution in [2.24, 2.45) is 5.92 Å². The molecule has 0 aromatic rings. The monoisotopic (exact) mass is 280 g/mol. The van der Waals surface area contributed by atoms with Gasteiger partial charge in [0.05, 0.1) is 5.92 Å². The number of esters is 1. The summed E-state index contributed by atoms with van der Waals surface area (Å²) in [6.45, 7) is 2.71. The molecule has 0 amide bonds. The number of carbonyl (C=O) groups is 1. The van der Waals surface area contributed by atoms with E-state index in [9.17, 15) is 4.79 Å². The van der Waals surface area contributed by atoms with Crippen LogP contribution >= 0.6 is 0 Å². The molecule has 0 unspecified atom stereocenters. The van der Waals surface area contributed by atoms with Crippen LogP contribution in [-0.4, -0.2) is 12.6 Å². The van der Waals surface area contributed by atoms with E-state index in [0.29, 0.717) is 6.61 Å². The van der Waals surface area contributed by atoms with Crippen LogP contribution in [0.1, 0.15) is 84.0 Å². The fourth-order valence-corrected chi connectivity index (χ4v) is 2.81. The van der Waals surface area contributed by atoms with Crippen LogP contribution in [0.5, 0.6) is 0 Å². The van der Waals surface area contributed by atoms with Gasteiger partial charge in [-0.15, -0.1) is 0 Å². The second-order valence-corrected chi connectivity index (χ2v) is 5.99. The van der Waals surface area contributed by atoms with Crippen molar-refractivity contribution < 1.29 is 9.53 Å². The summed E-state index contributed by atoms with van der Waals surface area (Å²) in [6.07, 6.45) is 19.0. The maximum absolute atomic E-state index is 11.8. The van der Waals surface area contributed by atoms with E-state index in [0.717, 1.165) is 19.3 Å². The van der Waals surface area contributed by atoms with Crippen LogP contribution in [0.4, 0.5) is 0 Å². The Morgan fingerprint density at radius 2 is 1.70 bits per heavy atom. The van der Waals surface area contributed by atoms with E-state index in [-0.39, 0.29) is 11.9 Å². The number of unbranched alkanes of at least 4 members (excludes halogenated alkanes) is 6. The van der Waals surface area contributed by atoms with Crippen molar-refractivity contribution in [1.82, 2.24) is 0 Å². The van der Waals surface area contributed by atoms with Gasteiger partial charge >= 0.3 is 5.97 Å². The van der Waals surface area contributed by atoms with Gasteiger partial charge in [0.25, 0.3) is 0 Å². The molecule has 1 fully saturated rings. The van der Waals surface area contributed by atoms with Crippen LogP contribution in [0, 0.1) is 5.92 Å². The predicted molar refractivity (Wildman–Crippen MR) is 84.7 cm³/mol. The zero-order chi connectivity index (χ0) is 14.5. The fraction of sp³-hybridized carbons (Fsp3) is 0.833. The van der Waals surface area contributed by atoms with E-state index in [4.69, 9.17) is 4.74 Å². The average Bonchev–Trinajstić information content (AvgIpc) is 2.50. The van der Waals surface area contributed by atoms with Crippen molar-refractivity contribution in [1.29, 1.82) is 0 Å². The highest BCUT2D eigenvalue weighted by atomic mass is 16.5. The van der Waals surface area contributed by atoms with Gasteiger partial charge in [0.15, 0.2) is 0 Å². The van der Waals surface area contributed by atoms with E-state index >= 15 is 0 Å². The lowest BCUT2D eigenvalue weighted by Gasteiger charge is -2.19. The van der Waals surface area contributed by atoms with Gasteiger partial charge in [-0.05, 0) is 25.7 Å². The van der Waals surface area contributed by atoms with Gasteiger partial charge in [0.1, 0.15) is 6.61 Å². The molecular formula is C18H32O2. The van der Waals surface area contributed by atoms with E-state index < -0.39 is 0 Å². The van der Waals surface area contributed by atoms with Gasteiger partial charge in [-0.25, -0.2) is 0 Å². The van der Waals surface area contributed by atoms with Gasteiger partial charge in [0, 0.05) is 0 Å². The van der Waals surface area contributed by atoms with E-state index in [2.05, 4.69) is 13.0 Å². The molecule has 1 rings (SSSR count). The Labute approximate surface area is 125 Å². The highest BCUT2D eigenvalue weighted by Gasteiger charge is 2.21. The largest absolute Gasteiger partial charge is 0.461 e. The van der Waals surface area contributed by atoms with E-state index in [1.54, 1.807) is 0 Å². The first-order valence-corrected chi connectivity index (χ1v) is 8.66. The molecule has 1 aliphatic rings. The van der Waals surface area contributed by atoms with Crippen LogP contribution in [0.15, 0.2) is 12.2 Å². The smallest absolute Gasteiger partial charge is 0.309 e. The quantitative estimate of drug-likeness (QED) is 0.303. The Hall–Kier alpha value is -0.790. The maximum atomic E-state index is 11.8. The lowest BCUT2D eigenvalue weighted by Crippen LogP contribution is -2.20. The van der Waals surface area contributed by atoms with Gasteiger partial charge in [0.2, 0.25) is 0 Å². The Bertz CT molecular complexity index is 265. The van der Waals surface area contributed by atoms with Crippen LogP contribution in [0.3, 0.4) is 0 Å². The molecule has 2 nitrogen and oxygen atoms in total. The molecule has 1 saturated carbocycles. The molecule has 0 aliphatic heterocycles. The zero-order valence-electron chi connectivity index (χ0n) is 13.2. The highest BCUT2D eigenvalue weighted by Crippen LogP contribution is 2.24. The third-order valence-corrected chi connectivity index (χ3v) is 4.15. The minimum absolute atomic E-state index is 0.0221. The zero-order valence-corrected chi connectivity index (χ0v) is 13.2. The first kappa shape index (κ1) is 17.3. The fourth-order valence-electron chi connectivity index (χ4n) is 2.81. The number of allylic oxidation sites excluding steroid dienone is 1. The number of hydrogen-bond donors (Lipinski definition) is 0. The maximum Gasteiger partial charge on any atom is 0.309 e. The molecule has 0 N–H and O–H groups in total. The summed E-state index contributed by atoms with van der Waals surface area (Å²) in [5.41, 5.74) is 0. The third kappa shape index (κ3) is 8.39. The van der Waals surface area contributed by atoms with Crippen molar-refractivity contribution in [2.45, 2.75) is 84.0 Å². The summed E-state index contributed by atoms with van der Waals surface area (Å²) in [6, 6.07) is 0. The molecular weight excluding hydrogens is 248 g/mol. The van der Waals surface area contributed by atoms with Crippen LogP contribution < -0.4 is 0 Å². The molecule has 0 saturated heterocycles. The molecule has 0 aromatic carbocycles. The second-order valence-electron chi connectivity index (χ2n) is 5.99. The topological polar surface area (TPSA) is 26.3 Å². The van der Waals surface area contributed by atoms with Gasteiger partial charge < -0.3 is 4.74 Å². The van der Waals surface area contributed by atoms with E-state index in [1.165, 1.54) is 57.8 Å². The van der Waals surface area contributed by atoms with Crippen molar-refractivity contribution in [3.05, 3.63) is 12.2 Å². The summed E-state index contributed by atoms with van der Waals surface area (Å²) in [5, 5.41) is 0. The molecule has 0 heterocycles. The molecule has 0 bridgehead atoms. The minimum atomic E-state index is 0.0221. The number of carbonyl (C=O) groups excluding carboxylic acids is 1. The van der Waals surface area contributed by atoms with Crippen molar-refractivity contribution in [2.75, 3.05) is 6.61 Å². The average molecular weight is 280 g/mol. The van der Waals surface area contributed by atoms with Gasteiger partial charge in [-0.2, -0.15) is 0 Å².